The Morgan fingerprint density at radius 1 is 0.923 bits per heavy atom. The Labute approximate surface area is 227 Å². The first-order valence-electron chi connectivity index (χ1n) is 13.6. The summed E-state index contributed by atoms with van der Waals surface area (Å²) in [6, 6.07) is 12.9. The van der Waals surface area contributed by atoms with E-state index in [4.69, 9.17) is 23.7 Å². The lowest BCUT2D eigenvalue weighted by Gasteiger charge is -2.36. The van der Waals surface area contributed by atoms with Gasteiger partial charge in [0.25, 0.3) is 6.43 Å². The molecule has 3 aliphatic heterocycles. The minimum absolute atomic E-state index is 0.0551. The molecule has 212 valence electrons. The number of hydrogen-bond acceptors (Lipinski definition) is 6. The molecule has 5 rings (SSSR count). The molecule has 3 aliphatic rings. The van der Waals surface area contributed by atoms with Gasteiger partial charge in [0.05, 0.1) is 6.61 Å². The van der Waals surface area contributed by atoms with E-state index in [1.165, 1.54) is 0 Å². The molecule has 2 aromatic rings. The van der Waals surface area contributed by atoms with E-state index in [9.17, 15) is 13.2 Å². The van der Waals surface area contributed by atoms with Crippen molar-refractivity contribution in [1.29, 1.82) is 0 Å². The van der Waals surface area contributed by atoms with E-state index in [1.54, 1.807) is 32.4 Å². The standard InChI is InChI=1S/C30H36F3NO5/c1-35-30(36-2)20-12-14-34(15-13-20)21-8-6-19(7-9-21)27-23-11-10-22(39-26-5-3-4-16-37-26)17-25(23)38-18-24(27)28(31)29(32)33/h6-11,17,20,26,28-30H,3-5,12-16,18H2,1-2H3. The van der Waals surface area contributed by atoms with E-state index in [0.717, 1.165) is 50.9 Å². The highest BCUT2D eigenvalue weighted by molar-refractivity contribution is 5.87. The molecule has 2 atom stereocenters. The SMILES string of the molecule is COC(OC)C1CCN(c2ccc(C3=C(C(F)C(F)F)COc4cc(OC5CCCCO5)ccc43)cc2)CC1. The number of rotatable bonds is 9. The maximum Gasteiger partial charge on any atom is 0.273 e. The van der Waals surface area contributed by atoms with E-state index in [1.807, 2.05) is 24.3 Å². The molecular weight excluding hydrogens is 511 g/mol. The largest absolute Gasteiger partial charge is 0.488 e. The average molecular weight is 548 g/mol. The Balaban J connectivity index is 1.38. The highest BCUT2D eigenvalue weighted by atomic mass is 19.3. The van der Waals surface area contributed by atoms with Crippen LogP contribution in [0.3, 0.4) is 0 Å². The van der Waals surface area contributed by atoms with Crippen molar-refractivity contribution in [2.24, 2.45) is 5.92 Å². The van der Waals surface area contributed by atoms with E-state index in [2.05, 4.69) is 4.90 Å². The second-order valence-electron chi connectivity index (χ2n) is 10.2. The molecule has 2 aromatic carbocycles. The fourth-order valence-electron chi connectivity index (χ4n) is 5.72. The van der Waals surface area contributed by atoms with E-state index in [0.29, 0.717) is 40.7 Å². The van der Waals surface area contributed by atoms with Crippen LogP contribution < -0.4 is 14.4 Å². The van der Waals surface area contributed by atoms with Crippen LogP contribution in [0.15, 0.2) is 48.0 Å². The zero-order valence-corrected chi connectivity index (χ0v) is 22.4. The van der Waals surface area contributed by atoms with Gasteiger partial charge < -0.3 is 28.6 Å². The molecule has 9 heteroatoms. The zero-order valence-electron chi connectivity index (χ0n) is 22.4. The maximum absolute atomic E-state index is 14.8. The molecule has 2 fully saturated rings. The predicted molar refractivity (Wildman–Crippen MR) is 142 cm³/mol. The summed E-state index contributed by atoms with van der Waals surface area (Å²) in [4.78, 5) is 2.28. The molecule has 0 saturated carbocycles. The van der Waals surface area contributed by atoms with Crippen LogP contribution in [-0.2, 0) is 14.2 Å². The minimum Gasteiger partial charge on any atom is -0.488 e. The highest BCUT2D eigenvalue weighted by Gasteiger charge is 2.33. The summed E-state index contributed by atoms with van der Waals surface area (Å²) in [6.07, 6.45) is -1.40. The molecule has 0 radical (unpaired) electrons. The Morgan fingerprint density at radius 2 is 1.67 bits per heavy atom. The monoisotopic (exact) mass is 547 g/mol. The Kier molecular flexibility index (Phi) is 8.99. The first-order chi connectivity index (χ1) is 19.0. The number of hydrogen-bond donors (Lipinski definition) is 0. The van der Waals surface area contributed by atoms with Gasteiger partial charge in [-0.2, -0.15) is 0 Å². The highest BCUT2D eigenvalue weighted by Crippen LogP contribution is 2.42. The van der Waals surface area contributed by atoms with Gasteiger partial charge in [-0.05, 0) is 61.1 Å². The number of anilines is 1. The summed E-state index contributed by atoms with van der Waals surface area (Å²) in [5, 5.41) is 0. The van der Waals surface area contributed by atoms with Gasteiger partial charge in [0.1, 0.15) is 18.1 Å². The van der Waals surface area contributed by atoms with Crippen molar-refractivity contribution in [3.63, 3.8) is 0 Å². The van der Waals surface area contributed by atoms with Crippen molar-refractivity contribution in [1.82, 2.24) is 0 Å². The number of benzene rings is 2. The lowest BCUT2D eigenvalue weighted by Crippen LogP contribution is -2.39. The van der Waals surface area contributed by atoms with Crippen LogP contribution in [0.1, 0.15) is 43.2 Å². The van der Waals surface area contributed by atoms with Gasteiger partial charge in [0.15, 0.2) is 18.8 Å². The Morgan fingerprint density at radius 3 is 2.31 bits per heavy atom. The molecule has 0 N–H and O–H groups in total. The molecule has 2 unspecified atom stereocenters. The third kappa shape index (κ3) is 6.21. The molecule has 0 aliphatic carbocycles. The summed E-state index contributed by atoms with van der Waals surface area (Å²) >= 11 is 0. The molecular formula is C30H36F3NO5. The van der Waals surface area contributed by atoms with Crippen LogP contribution in [-0.4, -0.2) is 65.7 Å². The van der Waals surface area contributed by atoms with Crippen LogP contribution in [0.4, 0.5) is 18.9 Å². The molecule has 0 spiro atoms. The van der Waals surface area contributed by atoms with E-state index < -0.39 is 12.6 Å². The normalized spacial score (nSPS) is 21.2. The van der Waals surface area contributed by atoms with Crippen molar-refractivity contribution in [2.45, 2.75) is 57.3 Å². The quantitative estimate of drug-likeness (QED) is 0.347. The third-order valence-corrected chi connectivity index (χ3v) is 7.80. The fourth-order valence-corrected chi connectivity index (χ4v) is 5.72. The van der Waals surface area contributed by atoms with Gasteiger partial charge in [-0.15, -0.1) is 0 Å². The van der Waals surface area contributed by atoms with Crippen LogP contribution in [0.5, 0.6) is 11.5 Å². The van der Waals surface area contributed by atoms with Gasteiger partial charge in [-0.25, -0.2) is 13.2 Å². The summed E-state index contributed by atoms with van der Waals surface area (Å²) in [7, 11) is 3.32. The number of halogens is 3. The topological polar surface area (TPSA) is 49.4 Å². The van der Waals surface area contributed by atoms with Gasteiger partial charge in [-0.1, -0.05) is 12.1 Å². The summed E-state index contributed by atoms with van der Waals surface area (Å²) in [5.74, 6) is 1.37. The number of ether oxygens (including phenoxy) is 5. The second kappa shape index (κ2) is 12.6. The number of fused-ring (bicyclic) bond motifs is 1. The number of piperidine rings is 1. The zero-order chi connectivity index (χ0) is 27.4. The number of methoxy groups -OCH3 is 2. The predicted octanol–water partition coefficient (Wildman–Crippen LogP) is 6.22. The van der Waals surface area contributed by atoms with Crippen molar-refractivity contribution in [3.8, 4) is 11.5 Å². The Bertz CT molecular complexity index is 1120. The van der Waals surface area contributed by atoms with E-state index in [-0.39, 0.29) is 24.8 Å². The summed E-state index contributed by atoms with van der Waals surface area (Å²) in [6.45, 7) is 2.10. The summed E-state index contributed by atoms with van der Waals surface area (Å²) in [5.41, 5.74) is 2.65. The van der Waals surface area contributed by atoms with Crippen LogP contribution >= 0.6 is 0 Å². The fraction of sp³-hybridized carbons (Fsp3) is 0.533. The van der Waals surface area contributed by atoms with Crippen LogP contribution in [0.25, 0.3) is 5.57 Å². The van der Waals surface area contributed by atoms with Gasteiger partial charge in [-0.3, -0.25) is 0 Å². The molecule has 2 saturated heterocycles. The first kappa shape index (κ1) is 27.8. The first-order valence-corrected chi connectivity index (χ1v) is 13.6. The molecule has 0 bridgehead atoms. The van der Waals surface area contributed by atoms with Gasteiger partial charge in [0, 0.05) is 62.5 Å². The lowest BCUT2D eigenvalue weighted by atomic mass is 9.88. The molecule has 6 nitrogen and oxygen atoms in total. The summed E-state index contributed by atoms with van der Waals surface area (Å²) < 4.78 is 70.1. The van der Waals surface area contributed by atoms with Crippen molar-refractivity contribution in [2.75, 3.05) is 45.4 Å². The van der Waals surface area contributed by atoms with Gasteiger partial charge >= 0.3 is 0 Å². The van der Waals surface area contributed by atoms with Crippen molar-refractivity contribution >= 4 is 11.3 Å². The second-order valence-corrected chi connectivity index (χ2v) is 10.2. The lowest BCUT2D eigenvalue weighted by molar-refractivity contribution is -0.141. The minimum atomic E-state index is -3.14. The van der Waals surface area contributed by atoms with Crippen LogP contribution in [0.2, 0.25) is 0 Å². The number of alkyl halides is 3. The smallest absolute Gasteiger partial charge is 0.273 e. The van der Waals surface area contributed by atoms with E-state index >= 15 is 0 Å². The Hall–Kier alpha value is -2.75. The average Bonchev–Trinajstić information content (AvgIpc) is 2.98. The number of nitrogens with zero attached hydrogens (tertiary/aromatic N) is 1. The molecule has 39 heavy (non-hydrogen) atoms. The van der Waals surface area contributed by atoms with Gasteiger partial charge in [0.2, 0.25) is 0 Å². The van der Waals surface area contributed by atoms with Crippen LogP contribution in [0, 0.1) is 5.92 Å². The van der Waals surface area contributed by atoms with Crippen molar-refractivity contribution in [3.05, 3.63) is 59.2 Å². The maximum atomic E-state index is 14.8. The molecule has 0 amide bonds. The molecule has 3 heterocycles. The van der Waals surface area contributed by atoms with Crippen molar-refractivity contribution < 1.29 is 36.9 Å². The third-order valence-electron chi connectivity index (χ3n) is 7.80. The molecule has 0 aromatic heterocycles.